The first-order valence-corrected chi connectivity index (χ1v) is 8.08. The highest BCUT2D eigenvalue weighted by Crippen LogP contribution is 2.34. The van der Waals surface area contributed by atoms with Gasteiger partial charge in [-0.2, -0.15) is 0 Å². The van der Waals surface area contributed by atoms with Crippen LogP contribution in [0.5, 0.6) is 0 Å². The Kier molecular flexibility index (Phi) is 3.98. The van der Waals surface area contributed by atoms with E-state index in [-0.39, 0.29) is 11.2 Å². The first-order valence-electron chi connectivity index (χ1n) is 6.49. The monoisotopic (exact) mass is 397 g/mol. The van der Waals surface area contributed by atoms with Gasteiger partial charge in [0.05, 0.1) is 0 Å². The predicted molar refractivity (Wildman–Crippen MR) is 86.5 cm³/mol. The lowest BCUT2D eigenvalue weighted by atomic mass is 9.71. The predicted octanol–water partition coefficient (Wildman–Crippen LogP) is 4.43. The highest BCUT2D eigenvalue weighted by atomic mass is 79.9. The van der Waals surface area contributed by atoms with Gasteiger partial charge < -0.3 is 5.32 Å². The Morgan fingerprint density at radius 1 is 1.00 bits per heavy atom. The standard InChI is InChI=1S/C16H14Br2FN/c17-13-3-1-12(2-4-13)16(9-20-10-16)8-11-5-14(18)7-15(19)6-11/h1-7,20H,8-10H2. The van der Waals surface area contributed by atoms with Gasteiger partial charge in [-0.1, -0.05) is 44.0 Å². The van der Waals surface area contributed by atoms with Crippen LogP contribution in [0.2, 0.25) is 0 Å². The third kappa shape index (κ3) is 2.83. The summed E-state index contributed by atoms with van der Waals surface area (Å²) in [5.74, 6) is -0.187. The van der Waals surface area contributed by atoms with E-state index >= 15 is 0 Å². The van der Waals surface area contributed by atoms with Crippen LogP contribution in [0.15, 0.2) is 51.4 Å². The molecule has 3 rings (SSSR count). The molecule has 1 aliphatic rings. The highest BCUT2D eigenvalue weighted by molar-refractivity contribution is 9.10. The number of hydrogen-bond donors (Lipinski definition) is 1. The average molecular weight is 399 g/mol. The molecule has 0 saturated carbocycles. The molecule has 1 N–H and O–H groups in total. The minimum atomic E-state index is -0.187. The Balaban J connectivity index is 1.91. The maximum atomic E-state index is 13.5. The van der Waals surface area contributed by atoms with Gasteiger partial charge in [0.15, 0.2) is 0 Å². The molecule has 4 heteroatoms. The molecule has 2 aromatic carbocycles. The second kappa shape index (κ2) is 5.58. The lowest BCUT2D eigenvalue weighted by molar-refractivity contribution is 0.274. The number of halogens is 3. The number of rotatable bonds is 3. The van der Waals surface area contributed by atoms with Crippen LogP contribution >= 0.6 is 31.9 Å². The molecular formula is C16H14Br2FN. The maximum absolute atomic E-state index is 13.5. The minimum Gasteiger partial charge on any atom is -0.315 e. The van der Waals surface area contributed by atoms with Gasteiger partial charge in [-0.25, -0.2) is 4.39 Å². The van der Waals surface area contributed by atoms with Crippen LogP contribution in [0.1, 0.15) is 11.1 Å². The fourth-order valence-corrected chi connectivity index (χ4v) is 3.54. The van der Waals surface area contributed by atoms with E-state index in [2.05, 4.69) is 61.4 Å². The van der Waals surface area contributed by atoms with Crippen LogP contribution < -0.4 is 5.32 Å². The van der Waals surface area contributed by atoms with Crippen molar-refractivity contribution in [1.82, 2.24) is 5.32 Å². The van der Waals surface area contributed by atoms with Crippen LogP contribution in [0.25, 0.3) is 0 Å². The molecule has 0 aromatic heterocycles. The molecule has 0 unspecified atom stereocenters. The third-order valence-corrected chi connectivity index (χ3v) is 4.83. The SMILES string of the molecule is Fc1cc(Br)cc(CC2(c3ccc(Br)cc3)CNC2)c1. The summed E-state index contributed by atoms with van der Waals surface area (Å²) in [5.41, 5.74) is 2.41. The molecule has 1 aliphatic heterocycles. The molecule has 0 radical (unpaired) electrons. The molecular weight excluding hydrogens is 385 g/mol. The summed E-state index contributed by atoms with van der Waals surface area (Å²) in [7, 11) is 0. The van der Waals surface area contributed by atoms with Crippen molar-refractivity contribution in [1.29, 1.82) is 0 Å². The first kappa shape index (κ1) is 14.2. The van der Waals surface area contributed by atoms with Gasteiger partial charge in [0.2, 0.25) is 0 Å². The Labute approximate surface area is 134 Å². The quantitative estimate of drug-likeness (QED) is 0.806. The maximum Gasteiger partial charge on any atom is 0.124 e. The van der Waals surface area contributed by atoms with Crippen LogP contribution in [-0.4, -0.2) is 13.1 Å². The van der Waals surface area contributed by atoms with E-state index in [0.717, 1.165) is 34.0 Å². The zero-order valence-corrected chi connectivity index (χ0v) is 14.0. The molecule has 1 fully saturated rings. The van der Waals surface area contributed by atoms with Crippen LogP contribution in [0, 0.1) is 5.82 Å². The van der Waals surface area contributed by atoms with E-state index in [4.69, 9.17) is 0 Å². The summed E-state index contributed by atoms with van der Waals surface area (Å²) in [6.07, 6.45) is 0.845. The molecule has 0 amide bonds. The van der Waals surface area contributed by atoms with Crippen molar-refractivity contribution in [3.63, 3.8) is 0 Å². The Morgan fingerprint density at radius 2 is 1.70 bits per heavy atom. The first-order chi connectivity index (χ1) is 9.57. The molecule has 1 nitrogen and oxygen atoms in total. The molecule has 1 saturated heterocycles. The van der Waals surface area contributed by atoms with Gasteiger partial charge in [0, 0.05) is 27.4 Å². The molecule has 0 bridgehead atoms. The van der Waals surface area contributed by atoms with Crippen molar-refractivity contribution in [3.8, 4) is 0 Å². The van der Waals surface area contributed by atoms with E-state index in [1.165, 1.54) is 11.6 Å². The molecule has 0 spiro atoms. The third-order valence-electron chi connectivity index (χ3n) is 3.85. The topological polar surface area (TPSA) is 12.0 Å². The summed E-state index contributed by atoms with van der Waals surface area (Å²) < 4.78 is 15.4. The van der Waals surface area contributed by atoms with Gasteiger partial charge in [0.1, 0.15) is 5.82 Å². The van der Waals surface area contributed by atoms with Gasteiger partial charge in [-0.3, -0.25) is 0 Å². The van der Waals surface area contributed by atoms with Gasteiger partial charge in [-0.05, 0) is 47.9 Å². The molecule has 20 heavy (non-hydrogen) atoms. The lowest BCUT2D eigenvalue weighted by Crippen LogP contribution is -2.58. The Morgan fingerprint density at radius 3 is 2.25 bits per heavy atom. The van der Waals surface area contributed by atoms with Crippen molar-refractivity contribution in [2.45, 2.75) is 11.8 Å². The molecule has 2 aromatic rings. The number of hydrogen-bond acceptors (Lipinski definition) is 1. The second-order valence-electron chi connectivity index (χ2n) is 5.35. The highest BCUT2D eigenvalue weighted by Gasteiger charge is 2.38. The van der Waals surface area contributed by atoms with Gasteiger partial charge >= 0.3 is 0 Å². The van der Waals surface area contributed by atoms with Crippen molar-refractivity contribution < 1.29 is 4.39 Å². The fraction of sp³-hybridized carbons (Fsp3) is 0.250. The van der Waals surface area contributed by atoms with E-state index in [1.54, 1.807) is 6.07 Å². The van der Waals surface area contributed by atoms with Gasteiger partial charge in [0.25, 0.3) is 0 Å². The molecule has 104 valence electrons. The molecule has 0 aliphatic carbocycles. The minimum absolute atomic E-state index is 0.0773. The van der Waals surface area contributed by atoms with E-state index in [1.807, 2.05) is 6.07 Å². The normalized spacial score (nSPS) is 16.8. The van der Waals surface area contributed by atoms with Crippen LogP contribution in [-0.2, 0) is 11.8 Å². The number of nitrogens with one attached hydrogen (secondary N) is 1. The zero-order chi connectivity index (χ0) is 14.2. The van der Waals surface area contributed by atoms with E-state index in [0.29, 0.717) is 0 Å². The zero-order valence-electron chi connectivity index (χ0n) is 10.8. The lowest BCUT2D eigenvalue weighted by Gasteiger charge is -2.43. The van der Waals surface area contributed by atoms with E-state index < -0.39 is 0 Å². The summed E-state index contributed by atoms with van der Waals surface area (Å²) in [5, 5.41) is 3.35. The van der Waals surface area contributed by atoms with Crippen molar-refractivity contribution in [2.24, 2.45) is 0 Å². The summed E-state index contributed by atoms with van der Waals surface area (Å²) in [6.45, 7) is 1.87. The summed E-state index contributed by atoms with van der Waals surface area (Å²) in [4.78, 5) is 0. The molecule has 1 heterocycles. The van der Waals surface area contributed by atoms with Crippen molar-refractivity contribution >= 4 is 31.9 Å². The molecule has 0 atom stereocenters. The summed E-state index contributed by atoms with van der Waals surface area (Å²) in [6, 6.07) is 13.6. The average Bonchev–Trinajstić information content (AvgIpc) is 2.34. The largest absolute Gasteiger partial charge is 0.315 e. The smallest absolute Gasteiger partial charge is 0.124 e. The Hall–Kier alpha value is -0.710. The van der Waals surface area contributed by atoms with Crippen molar-refractivity contribution in [2.75, 3.05) is 13.1 Å². The summed E-state index contributed by atoms with van der Waals surface area (Å²) >= 11 is 6.83. The van der Waals surface area contributed by atoms with Crippen molar-refractivity contribution in [3.05, 3.63) is 68.4 Å². The second-order valence-corrected chi connectivity index (χ2v) is 7.18. The number of benzene rings is 2. The Bertz CT molecular complexity index is 601. The van der Waals surface area contributed by atoms with E-state index in [9.17, 15) is 4.39 Å². The van der Waals surface area contributed by atoms with Gasteiger partial charge in [-0.15, -0.1) is 0 Å². The van der Waals surface area contributed by atoms with Crippen LogP contribution in [0.3, 0.4) is 0 Å². The van der Waals surface area contributed by atoms with Crippen LogP contribution in [0.4, 0.5) is 4.39 Å². The fourth-order valence-electron chi connectivity index (χ4n) is 2.77.